The van der Waals surface area contributed by atoms with Gasteiger partial charge in [-0.25, -0.2) is 0 Å². The van der Waals surface area contributed by atoms with Crippen molar-refractivity contribution in [1.29, 1.82) is 0 Å². The van der Waals surface area contributed by atoms with Gasteiger partial charge in [-0.3, -0.25) is 4.79 Å². The molecular formula is C19H22ClNO3. The number of methoxy groups -OCH3 is 1. The summed E-state index contributed by atoms with van der Waals surface area (Å²) in [6.45, 7) is 5.43. The number of hydrogen-bond acceptors (Lipinski definition) is 3. The van der Waals surface area contributed by atoms with Crippen LogP contribution in [0.3, 0.4) is 0 Å². The Morgan fingerprint density at radius 3 is 2.50 bits per heavy atom. The average Bonchev–Trinajstić information content (AvgIpc) is 2.61. The summed E-state index contributed by atoms with van der Waals surface area (Å²) >= 11 is 6.20. The van der Waals surface area contributed by atoms with E-state index in [2.05, 4.69) is 0 Å². The average molecular weight is 348 g/mol. The topological polar surface area (TPSA) is 38.8 Å². The van der Waals surface area contributed by atoms with E-state index < -0.39 is 0 Å². The summed E-state index contributed by atoms with van der Waals surface area (Å²) in [7, 11) is 1.56. The molecule has 0 unspecified atom stereocenters. The van der Waals surface area contributed by atoms with Crippen molar-refractivity contribution in [3.63, 3.8) is 0 Å². The second-order valence-electron chi connectivity index (χ2n) is 5.21. The molecule has 0 aromatic heterocycles. The lowest BCUT2D eigenvalue weighted by Crippen LogP contribution is -2.30. The largest absolute Gasteiger partial charge is 0.493 e. The third kappa shape index (κ3) is 4.20. The van der Waals surface area contributed by atoms with E-state index in [9.17, 15) is 4.79 Å². The third-order valence-electron chi connectivity index (χ3n) is 3.70. The van der Waals surface area contributed by atoms with Gasteiger partial charge in [0, 0.05) is 23.7 Å². The van der Waals surface area contributed by atoms with Crippen molar-refractivity contribution in [1.82, 2.24) is 4.90 Å². The molecule has 0 heterocycles. The molecule has 4 nitrogen and oxygen atoms in total. The highest BCUT2D eigenvalue weighted by Gasteiger charge is 2.17. The van der Waals surface area contributed by atoms with Crippen molar-refractivity contribution in [2.75, 3.05) is 20.3 Å². The minimum absolute atomic E-state index is 0.0706. The van der Waals surface area contributed by atoms with Crippen LogP contribution in [0.25, 0.3) is 0 Å². The first-order chi connectivity index (χ1) is 11.6. The van der Waals surface area contributed by atoms with Crippen molar-refractivity contribution in [2.24, 2.45) is 0 Å². The Morgan fingerprint density at radius 2 is 1.88 bits per heavy atom. The molecule has 0 spiro atoms. The zero-order valence-electron chi connectivity index (χ0n) is 14.2. The lowest BCUT2D eigenvalue weighted by molar-refractivity contribution is 0.0752. The standard InChI is InChI=1S/C19H22ClNO3/c1-4-21(13-15-8-6-7-9-16(15)20)19(22)14-10-11-17(24-5-2)18(12-14)23-3/h6-12H,4-5,13H2,1-3H3. The fraction of sp³-hybridized carbons (Fsp3) is 0.316. The Hall–Kier alpha value is -2.20. The van der Waals surface area contributed by atoms with Crippen LogP contribution in [0, 0.1) is 0 Å². The van der Waals surface area contributed by atoms with E-state index in [1.165, 1.54) is 0 Å². The third-order valence-corrected chi connectivity index (χ3v) is 4.07. The minimum atomic E-state index is -0.0706. The van der Waals surface area contributed by atoms with Gasteiger partial charge in [-0.2, -0.15) is 0 Å². The number of nitrogens with zero attached hydrogens (tertiary/aromatic N) is 1. The van der Waals surface area contributed by atoms with Crippen molar-refractivity contribution < 1.29 is 14.3 Å². The van der Waals surface area contributed by atoms with Gasteiger partial charge >= 0.3 is 0 Å². The quantitative estimate of drug-likeness (QED) is 0.744. The molecule has 0 aliphatic carbocycles. The van der Waals surface area contributed by atoms with Crippen molar-refractivity contribution in [3.8, 4) is 11.5 Å². The number of carbonyl (C=O) groups is 1. The van der Waals surface area contributed by atoms with Crippen LogP contribution in [0.1, 0.15) is 29.8 Å². The van der Waals surface area contributed by atoms with Crippen LogP contribution in [0.2, 0.25) is 5.02 Å². The van der Waals surface area contributed by atoms with E-state index >= 15 is 0 Å². The number of ether oxygens (including phenoxy) is 2. The summed E-state index contributed by atoms with van der Waals surface area (Å²) in [5, 5.41) is 0.660. The van der Waals surface area contributed by atoms with E-state index in [0.717, 1.165) is 5.56 Å². The van der Waals surface area contributed by atoms with E-state index in [1.54, 1.807) is 30.2 Å². The molecule has 128 valence electrons. The summed E-state index contributed by atoms with van der Waals surface area (Å²) in [5.74, 6) is 1.11. The molecule has 5 heteroatoms. The monoisotopic (exact) mass is 347 g/mol. The van der Waals surface area contributed by atoms with Gasteiger partial charge in [0.05, 0.1) is 13.7 Å². The van der Waals surface area contributed by atoms with Gasteiger partial charge in [0.25, 0.3) is 5.91 Å². The van der Waals surface area contributed by atoms with E-state index in [4.69, 9.17) is 21.1 Å². The Bertz CT molecular complexity index is 703. The lowest BCUT2D eigenvalue weighted by Gasteiger charge is -2.22. The van der Waals surface area contributed by atoms with Crippen molar-refractivity contribution in [2.45, 2.75) is 20.4 Å². The molecule has 2 rings (SSSR count). The highest BCUT2D eigenvalue weighted by atomic mass is 35.5. The van der Waals surface area contributed by atoms with Crippen LogP contribution in [-0.4, -0.2) is 31.1 Å². The van der Waals surface area contributed by atoms with E-state index in [0.29, 0.717) is 41.8 Å². The summed E-state index contributed by atoms with van der Waals surface area (Å²) in [6.07, 6.45) is 0. The van der Waals surface area contributed by atoms with Gasteiger partial charge < -0.3 is 14.4 Å². The Balaban J connectivity index is 2.23. The Kier molecular flexibility index (Phi) is 6.50. The molecule has 0 fully saturated rings. The van der Waals surface area contributed by atoms with Crippen LogP contribution in [-0.2, 0) is 6.54 Å². The number of rotatable bonds is 7. The van der Waals surface area contributed by atoms with Gasteiger partial charge in [0.2, 0.25) is 0 Å². The predicted molar refractivity (Wildman–Crippen MR) is 96.0 cm³/mol. The zero-order valence-corrected chi connectivity index (χ0v) is 15.0. The molecule has 0 bridgehead atoms. The van der Waals surface area contributed by atoms with E-state index in [-0.39, 0.29) is 5.91 Å². The Morgan fingerprint density at radius 1 is 1.12 bits per heavy atom. The van der Waals surface area contributed by atoms with Gasteiger partial charge in [-0.1, -0.05) is 29.8 Å². The second kappa shape index (κ2) is 8.60. The molecule has 0 aliphatic heterocycles. The van der Waals surface area contributed by atoms with Gasteiger partial charge in [-0.15, -0.1) is 0 Å². The normalized spacial score (nSPS) is 10.3. The molecule has 2 aromatic rings. The van der Waals surface area contributed by atoms with Crippen LogP contribution in [0.15, 0.2) is 42.5 Å². The molecule has 24 heavy (non-hydrogen) atoms. The first-order valence-corrected chi connectivity index (χ1v) is 8.32. The number of amides is 1. The van der Waals surface area contributed by atoms with Gasteiger partial charge in [-0.05, 0) is 43.7 Å². The Labute approximate surface area is 147 Å². The molecule has 0 radical (unpaired) electrons. The molecule has 2 aromatic carbocycles. The van der Waals surface area contributed by atoms with Crippen LogP contribution >= 0.6 is 11.6 Å². The number of halogens is 1. The van der Waals surface area contributed by atoms with Crippen LogP contribution < -0.4 is 9.47 Å². The number of carbonyl (C=O) groups excluding carboxylic acids is 1. The maximum atomic E-state index is 12.8. The highest BCUT2D eigenvalue weighted by Crippen LogP contribution is 2.29. The van der Waals surface area contributed by atoms with Crippen molar-refractivity contribution >= 4 is 17.5 Å². The maximum absolute atomic E-state index is 12.8. The maximum Gasteiger partial charge on any atom is 0.254 e. The van der Waals surface area contributed by atoms with Gasteiger partial charge in [0.15, 0.2) is 11.5 Å². The molecule has 0 N–H and O–H groups in total. The molecule has 0 saturated heterocycles. The summed E-state index contributed by atoms with van der Waals surface area (Å²) < 4.78 is 10.8. The summed E-state index contributed by atoms with van der Waals surface area (Å²) in [5.41, 5.74) is 1.48. The fourth-order valence-corrected chi connectivity index (χ4v) is 2.61. The molecular weight excluding hydrogens is 326 g/mol. The molecule has 0 saturated carbocycles. The SMILES string of the molecule is CCOc1ccc(C(=O)N(CC)Cc2ccccc2Cl)cc1OC. The highest BCUT2D eigenvalue weighted by molar-refractivity contribution is 6.31. The summed E-state index contributed by atoms with van der Waals surface area (Å²) in [6, 6.07) is 12.8. The molecule has 0 aliphatic rings. The van der Waals surface area contributed by atoms with Crippen molar-refractivity contribution in [3.05, 3.63) is 58.6 Å². The fourth-order valence-electron chi connectivity index (χ4n) is 2.42. The van der Waals surface area contributed by atoms with E-state index in [1.807, 2.05) is 38.1 Å². The molecule has 0 atom stereocenters. The minimum Gasteiger partial charge on any atom is -0.493 e. The predicted octanol–water partition coefficient (Wildman–Crippen LogP) is 4.41. The second-order valence-corrected chi connectivity index (χ2v) is 5.62. The summed E-state index contributed by atoms with van der Waals surface area (Å²) in [4.78, 5) is 14.6. The molecule has 1 amide bonds. The lowest BCUT2D eigenvalue weighted by atomic mass is 10.1. The van der Waals surface area contributed by atoms with Gasteiger partial charge in [0.1, 0.15) is 0 Å². The van der Waals surface area contributed by atoms with Crippen LogP contribution in [0.5, 0.6) is 11.5 Å². The first-order valence-electron chi connectivity index (χ1n) is 7.94. The zero-order chi connectivity index (χ0) is 17.5. The number of benzene rings is 2. The smallest absolute Gasteiger partial charge is 0.254 e. The van der Waals surface area contributed by atoms with Crippen LogP contribution in [0.4, 0.5) is 0 Å². The number of hydrogen-bond donors (Lipinski definition) is 0. The first kappa shape index (κ1) is 18.1.